The zero-order chi connectivity index (χ0) is 21.3. The maximum Gasteiger partial charge on any atom is 0.307 e. The normalized spacial score (nSPS) is 11.0. The summed E-state index contributed by atoms with van der Waals surface area (Å²) in [6, 6.07) is 11.4. The second-order valence-corrected chi connectivity index (χ2v) is 8.34. The van der Waals surface area contributed by atoms with E-state index in [-0.39, 0.29) is 6.42 Å². The number of halogens is 1. The number of carboxylic acids is 1. The molecule has 160 valence electrons. The second-order valence-electron chi connectivity index (χ2n) is 6.88. The fourth-order valence-electron chi connectivity index (χ4n) is 3.05. The van der Waals surface area contributed by atoms with Crippen LogP contribution in [0.2, 0.25) is 5.02 Å². The van der Waals surface area contributed by atoms with Crippen LogP contribution >= 0.6 is 22.9 Å². The van der Waals surface area contributed by atoms with E-state index >= 15 is 0 Å². The molecule has 0 bridgehead atoms. The Hall–Kier alpha value is -2.35. The summed E-state index contributed by atoms with van der Waals surface area (Å²) < 4.78 is 6.96. The molecule has 0 radical (unpaired) electrons. The van der Waals surface area contributed by atoms with Crippen LogP contribution in [0.3, 0.4) is 0 Å². The Balaban J connectivity index is 1.34. The zero-order valence-corrected chi connectivity index (χ0v) is 18.5. The first-order valence-corrected chi connectivity index (χ1v) is 11.2. The van der Waals surface area contributed by atoms with Gasteiger partial charge in [-0.25, -0.2) is 4.98 Å². The van der Waals surface area contributed by atoms with Crippen molar-refractivity contribution < 1.29 is 14.6 Å². The van der Waals surface area contributed by atoms with Crippen molar-refractivity contribution in [3.63, 3.8) is 0 Å². The molecule has 0 saturated heterocycles. The van der Waals surface area contributed by atoms with E-state index in [2.05, 4.69) is 22.5 Å². The molecule has 3 rings (SSSR count). The lowest BCUT2D eigenvalue weighted by Crippen LogP contribution is -2.23. The van der Waals surface area contributed by atoms with Gasteiger partial charge in [0.05, 0.1) is 16.6 Å². The Bertz CT molecular complexity index is 993. The number of aromatic nitrogens is 1. The van der Waals surface area contributed by atoms with E-state index in [9.17, 15) is 4.79 Å². The maximum atomic E-state index is 10.9. The molecule has 6 nitrogen and oxygen atoms in total. The van der Waals surface area contributed by atoms with Gasteiger partial charge in [0.2, 0.25) is 0 Å². The van der Waals surface area contributed by atoms with E-state index in [0.717, 1.165) is 69.7 Å². The number of carbonyl (C=O) groups is 1. The third kappa shape index (κ3) is 6.58. The van der Waals surface area contributed by atoms with Gasteiger partial charge in [0.15, 0.2) is 5.13 Å². The summed E-state index contributed by atoms with van der Waals surface area (Å²) in [4.78, 5) is 15.5. The van der Waals surface area contributed by atoms with E-state index in [1.807, 2.05) is 36.4 Å². The number of rotatable bonds is 12. The number of anilines is 1. The van der Waals surface area contributed by atoms with Crippen LogP contribution in [0.1, 0.15) is 24.5 Å². The average Bonchev–Trinajstić information content (AvgIpc) is 3.11. The first kappa shape index (κ1) is 22.3. The molecule has 8 heteroatoms. The predicted octanol–water partition coefficient (Wildman–Crippen LogP) is 4.61. The van der Waals surface area contributed by atoms with Gasteiger partial charge < -0.3 is 20.5 Å². The number of carboxylic acid groups (broad SMARTS) is 1. The predicted molar refractivity (Wildman–Crippen MR) is 123 cm³/mol. The SMILES string of the molecule is CCc1ccc(CC(=O)O)cc1OCCNCCCNc1nc2ccc(Cl)cc2s1. The van der Waals surface area contributed by atoms with E-state index in [1.165, 1.54) is 0 Å². The minimum atomic E-state index is -0.838. The van der Waals surface area contributed by atoms with Crippen LogP contribution in [-0.4, -0.2) is 42.3 Å². The number of benzene rings is 2. The van der Waals surface area contributed by atoms with Gasteiger partial charge in [-0.3, -0.25) is 4.79 Å². The summed E-state index contributed by atoms with van der Waals surface area (Å²) in [6.45, 7) is 5.03. The Morgan fingerprint density at radius 2 is 2.07 bits per heavy atom. The van der Waals surface area contributed by atoms with E-state index < -0.39 is 5.97 Å². The van der Waals surface area contributed by atoms with Crippen molar-refractivity contribution in [2.75, 3.05) is 31.6 Å². The topological polar surface area (TPSA) is 83.5 Å². The summed E-state index contributed by atoms with van der Waals surface area (Å²) in [5.41, 5.74) is 2.80. The number of thiazole rings is 1. The Morgan fingerprint density at radius 1 is 1.20 bits per heavy atom. The minimum absolute atomic E-state index is 0.00724. The van der Waals surface area contributed by atoms with E-state index in [0.29, 0.717) is 6.61 Å². The lowest BCUT2D eigenvalue weighted by Gasteiger charge is -2.12. The number of fused-ring (bicyclic) bond motifs is 1. The fourth-order valence-corrected chi connectivity index (χ4v) is 4.22. The van der Waals surface area contributed by atoms with Gasteiger partial charge in [0, 0.05) is 18.1 Å². The fraction of sp³-hybridized carbons (Fsp3) is 0.364. The van der Waals surface area contributed by atoms with Gasteiger partial charge in [-0.15, -0.1) is 0 Å². The molecule has 0 aliphatic heterocycles. The van der Waals surface area contributed by atoms with Crippen LogP contribution in [0.25, 0.3) is 10.2 Å². The van der Waals surface area contributed by atoms with Gasteiger partial charge in [-0.2, -0.15) is 0 Å². The summed E-state index contributed by atoms with van der Waals surface area (Å²) >= 11 is 7.62. The Kier molecular flexibility index (Phi) is 8.30. The number of ether oxygens (including phenoxy) is 1. The highest BCUT2D eigenvalue weighted by molar-refractivity contribution is 7.22. The molecule has 1 heterocycles. The number of nitrogens with one attached hydrogen (secondary N) is 2. The second kappa shape index (κ2) is 11.2. The van der Waals surface area contributed by atoms with Gasteiger partial charge in [0.1, 0.15) is 12.4 Å². The molecule has 3 aromatic rings. The first-order chi connectivity index (χ1) is 14.5. The Morgan fingerprint density at radius 3 is 2.87 bits per heavy atom. The molecular formula is C22H26ClN3O3S. The van der Waals surface area contributed by atoms with Crippen LogP contribution < -0.4 is 15.4 Å². The highest BCUT2D eigenvalue weighted by Crippen LogP contribution is 2.28. The van der Waals surface area contributed by atoms with Crippen molar-refractivity contribution in [1.82, 2.24) is 10.3 Å². The minimum Gasteiger partial charge on any atom is -0.492 e. The lowest BCUT2D eigenvalue weighted by molar-refractivity contribution is -0.136. The molecule has 0 amide bonds. The quantitative estimate of drug-likeness (QED) is 0.352. The summed E-state index contributed by atoms with van der Waals surface area (Å²) in [6.07, 6.45) is 1.82. The van der Waals surface area contributed by atoms with Gasteiger partial charge in [-0.05, 0) is 54.8 Å². The first-order valence-electron chi connectivity index (χ1n) is 10.0. The van der Waals surface area contributed by atoms with E-state index in [1.54, 1.807) is 11.3 Å². The molecular weight excluding hydrogens is 422 g/mol. The third-order valence-electron chi connectivity index (χ3n) is 4.56. The van der Waals surface area contributed by atoms with Crippen LogP contribution in [0.5, 0.6) is 5.75 Å². The summed E-state index contributed by atoms with van der Waals surface area (Å²) in [5, 5.41) is 17.3. The molecule has 30 heavy (non-hydrogen) atoms. The van der Waals surface area contributed by atoms with Crippen molar-refractivity contribution in [3.8, 4) is 5.75 Å². The third-order valence-corrected chi connectivity index (χ3v) is 5.77. The van der Waals surface area contributed by atoms with E-state index in [4.69, 9.17) is 21.4 Å². The van der Waals surface area contributed by atoms with Crippen LogP contribution in [0.4, 0.5) is 5.13 Å². The number of nitrogens with zero attached hydrogens (tertiary/aromatic N) is 1. The molecule has 0 aliphatic rings. The summed E-state index contributed by atoms with van der Waals surface area (Å²) in [5.74, 6) is -0.0641. The van der Waals surface area contributed by atoms with Gasteiger partial charge in [0.25, 0.3) is 0 Å². The van der Waals surface area contributed by atoms with Crippen molar-refractivity contribution in [3.05, 3.63) is 52.5 Å². The maximum absolute atomic E-state index is 10.9. The largest absolute Gasteiger partial charge is 0.492 e. The highest BCUT2D eigenvalue weighted by atomic mass is 35.5. The molecule has 3 N–H and O–H groups in total. The molecule has 0 spiro atoms. The monoisotopic (exact) mass is 447 g/mol. The van der Waals surface area contributed by atoms with Gasteiger partial charge >= 0.3 is 5.97 Å². The molecule has 0 fully saturated rings. The molecule has 2 aromatic carbocycles. The van der Waals surface area contributed by atoms with Crippen molar-refractivity contribution >= 4 is 44.3 Å². The molecule has 1 aromatic heterocycles. The average molecular weight is 448 g/mol. The number of hydrogen-bond donors (Lipinski definition) is 3. The molecule has 0 unspecified atom stereocenters. The number of aryl methyl sites for hydroxylation is 1. The standard InChI is InChI=1S/C22H26ClN3O3S/c1-2-16-5-4-15(13-21(27)28)12-19(16)29-11-10-24-8-3-9-25-22-26-18-7-6-17(23)14-20(18)30-22/h4-7,12,14,24H,2-3,8-11,13H2,1H3,(H,25,26)(H,27,28). The summed E-state index contributed by atoms with van der Waals surface area (Å²) in [7, 11) is 0. The van der Waals surface area contributed by atoms with Crippen LogP contribution in [-0.2, 0) is 17.6 Å². The lowest BCUT2D eigenvalue weighted by atomic mass is 10.1. The number of aliphatic carboxylic acids is 1. The highest BCUT2D eigenvalue weighted by Gasteiger charge is 2.07. The molecule has 0 saturated carbocycles. The smallest absolute Gasteiger partial charge is 0.307 e. The molecule has 0 aliphatic carbocycles. The van der Waals surface area contributed by atoms with Crippen LogP contribution in [0, 0.1) is 0 Å². The Labute approximate surface area is 185 Å². The van der Waals surface area contributed by atoms with Crippen molar-refractivity contribution in [2.45, 2.75) is 26.2 Å². The number of hydrogen-bond acceptors (Lipinski definition) is 6. The van der Waals surface area contributed by atoms with Crippen molar-refractivity contribution in [2.24, 2.45) is 0 Å². The van der Waals surface area contributed by atoms with Crippen LogP contribution in [0.15, 0.2) is 36.4 Å². The van der Waals surface area contributed by atoms with Crippen molar-refractivity contribution in [1.29, 1.82) is 0 Å². The zero-order valence-electron chi connectivity index (χ0n) is 16.9. The molecule has 0 atom stereocenters. The van der Waals surface area contributed by atoms with Gasteiger partial charge in [-0.1, -0.05) is 42.0 Å².